The Hall–Kier alpha value is -2.03. The van der Waals surface area contributed by atoms with E-state index in [2.05, 4.69) is 21.2 Å². The zero-order valence-corrected chi connectivity index (χ0v) is 18.0. The average Bonchev–Trinajstić information content (AvgIpc) is 3.37. The summed E-state index contributed by atoms with van der Waals surface area (Å²) in [5.41, 5.74) is -1.18. The lowest BCUT2D eigenvalue weighted by Gasteiger charge is -2.42. The molecule has 0 saturated carbocycles. The van der Waals surface area contributed by atoms with Crippen LogP contribution < -0.4 is 5.32 Å². The molecular formula is C21H18BrNO5S. The highest BCUT2D eigenvalue weighted by Crippen LogP contribution is 2.66. The zero-order valence-electron chi connectivity index (χ0n) is 15.6. The highest BCUT2D eigenvalue weighted by atomic mass is 79.9. The number of fused-ring (bicyclic) bond motifs is 5. The minimum atomic E-state index is -1.37. The van der Waals surface area contributed by atoms with E-state index in [-0.39, 0.29) is 24.7 Å². The van der Waals surface area contributed by atoms with Crippen LogP contribution in [-0.2, 0) is 34.9 Å². The van der Waals surface area contributed by atoms with Crippen molar-refractivity contribution in [1.82, 2.24) is 0 Å². The predicted molar refractivity (Wildman–Crippen MR) is 110 cm³/mol. The maximum Gasteiger partial charge on any atom is 0.313 e. The molecule has 150 valence electrons. The van der Waals surface area contributed by atoms with Gasteiger partial charge in [-0.25, -0.2) is 0 Å². The van der Waals surface area contributed by atoms with Crippen LogP contribution in [0.4, 0.5) is 5.69 Å². The summed E-state index contributed by atoms with van der Waals surface area (Å²) in [5, 5.41) is 4.86. The van der Waals surface area contributed by atoms with Crippen molar-refractivity contribution in [2.45, 2.75) is 36.9 Å². The Morgan fingerprint density at radius 1 is 1.38 bits per heavy atom. The summed E-state index contributed by atoms with van der Waals surface area (Å²) in [6, 6.07) is 9.30. The molecule has 3 aliphatic heterocycles. The molecule has 29 heavy (non-hydrogen) atoms. The van der Waals surface area contributed by atoms with E-state index >= 15 is 0 Å². The summed E-state index contributed by atoms with van der Waals surface area (Å²) in [6.07, 6.45) is -0.435. The molecule has 1 aromatic heterocycles. The number of ketones is 1. The molecule has 4 atom stereocenters. The lowest BCUT2D eigenvalue weighted by molar-refractivity contribution is -0.158. The van der Waals surface area contributed by atoms with Crippen LogP contribution in [0.2, 0.25) is 0 Å². The van der Waals surface area contributed by atoms with Crippen molar-refractivity contribution in [1.29, 1.82) is 0 Å². The second kappa shape index (κ2) is 6.48. The number of rotatable bonds is 3. The quantitative estimate of drug-likeness (QED) is 0.686. The first-order valence-corrected chi connectivity index (χ1v) is 11.2. The first-order chi connectivity index (χ1) is 14.0. The van der Waals surface area contributed by atoms with E-state index in [0.717, 1.165) is 9.35 Å². The van der Waals surface area contributed by atoms with Crippen LogP contribution in [0, 0.1) is 5.92 Å². The largest absolute Gasteiger partial charge is 0.466 e. The normalized spacial score (nSPS) is 32.3. The van der Waals surface area contributed by atoms with E-state index < -0.39 is 29.0 Å². The fourth-order valence-electron chi connectivity index (χ4n) is 5.23. The first-order valence-electron chi connectivity index (χ1n) is 9.48. The molecule has 2 aromatic rings. The standard InChI is InChI=1S/C21H18BrNO5S/c1-2-27-18(25)16-17-14(24)7-8-20(28-17,15-4-3-9-29-15)21(16)12-10-11(22)5-6-13(12)23-19(21)26/h3-6,9-10,16-17H,2,7-8H2,1H3,(H,23,26)/t16-,17-,20-,21+/m0/s1. The number of carbonyl (C=O) groups excluding carboxylic acids is 3. The summed E-state index contributed by atoms with van der Waals surface area (Å²) in [5.74, 6) is -2.11. The molecular weight excluding hydrogens is 458 g/mol. The first kappa shape index (κ1) is 19.0. The Labute approximate surface area is 179 Å². The van der Waals surface area contributed by atoms with Gasteiger partial charge in [0.25, 0.3) is 0 Å². The van der Waals surface area contributed by atoms with Crippen molar-refractivity contribution in [3.63, 3.8) is 0 Å². The van der Waals surface area contributed by atoms with Gasteiger partial charge >= 0.3 is 5.97 Å². The molecule has 6 nitrogen and oxygen atoms in total. The zero-order chi connectivity index (χ0) is 20.4. The number of Topliss-reactive ketones (excluding diaryl/α,β-unsaturated/α-hetero) is 1. The van der Waals surface area contributed by atoms with Crippen LogP contribution in [0.3, 0.4) is 0 Å². The van der Waals surface area contributed by atoms with Gasteiger partial charge in [-0.2, -0.15) is 0 Å². The third-order valence-electron chi connectivity index (χ3n) is 6.25. The van der Waals surface area contributed by atoms with Gasteiger partial charge in [0.2, 0.25) is 5.91 Å². The molecule has 2 saturated heterocycles. The fraction of sp³-hybridized carbons (Fsp3) is 0.381. The summed E-state index contributed by atoms with van der Waals surface area (Å²) in [6.45, 7) is 1.87. The minimum Gasteiger partial charge on any atom is -0.466 e. The average molecular weight is 476 g/mol. The summed E-state index contributed by atoms with van der Waals surface area (Å²) >= 11 is 4.96. The highest BCUT2D eigenvalue weighted by molar-refractivity contribution is 9.10. The maximum atomic E-state index is 13.7. The molecule has 1 N–H and O–H groups in total. The third kappa shape index (κ3) is 2.28. The SMILES string of the molecule is CCOC(=O)[C@@H]1[C@H]2O[C@](c3cccs3)(CCC2=O)[C@@]12C(=O)Nc1ccc(Br)cc12. The summed E-state index contributed by atoms with van der Waals surface area (Å²) in [7, 11) is 0. The smallest absolute Gasteiger partial charge is 0.313 e. The molecule has 0 unspecified atom stereocenters. The number of hydrogen-bond donors (Lipinski definition) is 1. The van der Waals surface area contributed by atoms with E-state index in [0.29, 0.717) is 17.7 Å². The van der Waals surface area contributed by atoms with E-state index in [1.165, 1.54) is 11.3 Å². The Balaban J connectivity index is 1.86. The number of nitrogens with one attached hydrogen (secondary N) is 1. The number of hydrogen-bond acceptors (Lipinski definition) is 6. The number of thiophene rings is 1. The van der Waals surface area contributed by atoms with Gasteiger partial charge in [-0.05, 0) is 48.6 Å². The monoisotopic (exact) mass is 475 g/mol. The van der Waals surface area contributed by atoms with Gasteiger partial charge in [0, 0.05) is 21.5 Å². The number of ether oxygens (including phenoxy) is 2. The van der Waals surface area contributed by atoms with Gasteiger partial charge in [-0.15, -0.1) is 11.3 Å². The van der Waals surface area contributed by atoms with Crippen molar-refractivity contribution in [3.8, 4) is 0 Å². The number of benzene rings is 1. The Bertz CT molecular complexity index is 1040. The van der Waals surface area contributed by atoms with Crippen LogP contribution in [0.1, 0.15) is 30.2 Å². The predicted octanol–water partition coefficient (Wildman–Crippen LogP) is 3.54. The van der Waals surface area contributed by atoms with Crippen molar-refractivity contribution in [3.05, 3.63) is 50.6 Å². The van der Waals surface area contributed by atoms with Gasteiger partial charge in [0.05, 0.1) is 6.61 Å². The Kier molecular flexibility index (Phi) is 4.24. The highest BCUT2D eigenvalue weighted by Gasteiger charge is 2.78. The van der Waals surface area contributed by atoms with Crippen LogP contribution >= 0.6 is 27.3 Å². The molecule has 3 aliphatic rings. The van der Waals surface area contributed by atoms with Gasteiger partial charge < -0.3 is 14.8 Å². The van der Waals surface area contributed by atoms with Gasteiger partial charge in [0.1, 0.15) is 23.0 Å². The van der Waals surface area contributed by atoms with Crippen molar-refractivity contribution >= 4 is 50.6 Å². The molecule has 1 spiro atoms. The van der Waals surface area contributed by atoms with Gasteiger partial charge in [0.15, 0.2) is 5.78 Å². The van der Waals surface area contributed by atoms with E-state index in [4.69, 9.17) is 9.47 Å². The van der Waals surface area contributed by atoms with Gasteiger partial charge in [-0.3, -0.25) is 14.4 Å². The molecule has 0 aliphatic carbocycles. The topological polar surface area (TPSA) is 81.7 Å². The Morgan fingerprint density at radius 2 is 2.21 bits per heavy atom. The molecule has 1 amide bonds. The molecule has 4 heterocycles. The Morgan fingerprint density at radius 3 is 2.93 bits per heavy atom. The molecule has 2 fully saturated rings. The van der Waals surface area contributed by atoms with Gasteiger partial charge in [-0.1, -0.05) is 22.0 Å². The van der Waals surface area contributed by atoms with Crippen LogP contribution in [0.25, 0.3) is 0 Å². The number of anilines is 1. The summed E-state index contributed by atoms with van der Waals surface area (Å²) in [4.78, 5) is 40.6. The number of halogens is 1. The number of carbonyl (C=O) groups is 3. The molecule has 5 rings (SSSR count). The van der Waals surface area contributed by atoms with Crippen LogP contribution in [-0.4, -0.2) is 30.4 Å². The minimum absolute atomic E-state index is 0.158. The molecule has 2 bridgehead atoms. The summed E-state index contributed by atoms with van der Waals surface area (Å²) < 4.78 is 12.6. The van der Waals surface area contributed by atoms with E-state index in [1.807, 2.05) is 29.6 Å². The maximum absolute atomic E-state index is 13.7. The van der Waals surface area contributed by atoms with Crippen LogP contribution in [0.5, 0.6) is 0 Å². The lowest BCUT2D eigenvalue weighted by atomic mass is 9.60. The van der Waals surface area contributed by atoms with Crippen molar-refractivity contribution in [2.24, 2.45) is 5.92 Å². The van der Waals surface area contributed by atoms with Crippen molar-refractivity contribution in [2.75, 3.05) is 11.9 Å². The fourth-order valence-corrected chi connectivity index (χ4v) is 6.55. The lowest BCUT2D eigenvalue weighted by Crippen LogP contribution is -2.55. The molecule has 0 radical (unpaired) electrons. The second-order valence-electron chi connectivity index (χ2n) is 7.49. The van der Waals surface area contributed by atoms with Crippen LogP contribution in [0.15, 0.2) is 40.2 Å². The molecule has 1 aromatic carbocycles. The molecule has 8 heteroatoms. The second-order valence-corrected chi connectivity index (χ2v) is 9.35. The van der Waals surface area contributed by atoms with Crippen molar-refractivity contribution < 1.29 is 23.9 Å². The van der Waals surface area contributed by atoms with E-state index in [1.54, 1.807) is 13.0 Å². The number of esters is 1. The van der Waals surface area contributed by atoms with E-state index in [9.17, 15) is 14.4 Å². The third-order valence-corrected chi connectivity index (χ3v) is 7.75. The number of amides is 1.